The Bertz CT molecular complexity index is 157. The van der Waals surface area contributed by atoms with E-state index in [1.165, 1.54) is 18.9 Å². The molecule has 0 aromatic rings. The van der Waals surface area contributed by atoms with E-state index >= 15 is 0 Å². The summed E-state index contributed by atoms with van der Waals surface area (Å²) in [6.07, 6.45) is 2.58. The van der Waals surface area contributed by atoms with E-state index in [0.717, 1.165) is 33.5 Å². The van der Waals surface area contributed by atoms with Gasteiger partial charge in [0.2, 0.25) is 0 Å². The molecule has 0 heterocycles. The highest BCUT2D eigenvalue weighted by atomic mass is 31.1. The third kappa shape index (κ3) is 5.76. The van der Waals surface area contributed by atoms with Gasteiger partial charge < -0.3 is 8.85 Å². The minimum Gasteiger partial charge on any atom is -0.394 e. The van der Waals surface area contributed by atoms with Crippen LogP contribution in [0.1, 0.15) is 40.5 Å². The Morgan fingerprint density at radius 3 is 1.94 bits per heavy atom. The molecule has 0 rings (SSSR count). The number of hydrogen-bond donors (Lipinski definition) is 0. The van der Waals surface area contributed by atoms with Crippen LogP contribution in [0.4, 0.5) is 0 Å². The lowest BCUT2D eigenvalue weighted by molar-refractivity contribution is 0.182. The summed E-state index contributed by atoms with van der Waals surface area (Å²) in [5.41, 5.74) is 0.874. The van der Waals surface area contributed by atoms with Crippen molar-refractivity contribution in [2.24, 2.45) is 0 Å². The fourth-order valence-electron chi connectivity index (χ4n) is 2.04. The maximum absolute atomic E-state index is 5.98. The standard InChI is InChI=1S/C12H29O2PSi/c1-6-12(15-5)10-11-16(9-4,13-7-2)14-8-3/h12,15H,6-11H2,1-5H3. The van der Waals surface area contributed by atoms with Gasteiger partial charge >= 0.3 is 8.56 Å². The fraction of sp³-hybridized carbons (Fsp3) is 1.00. The molecule has 0 bridgehead atoms. The minimum atomic E-state index is -1.86. The summed E-state index contributed by atoms with van der Waals surface area (Å²) in [6.45, 7) is 12.6. The SMILES string of the molecule is CCO[Si](CC)(CCC(CC)PC)OCC. The predicted octanol–water partition coefficient (Wildman–Crippen LogP) is 4.00. The molecule has 4 heteroatoms. The molecule has 0 aromatic carbocycles. The monoisotopic (exact) mass is 264 g/mol. The van der Waals surface area contributed by atoms with Gasteiger partial charge in [-0.05, 0) is 51.1 Å². The molecule has 2 unspecified atom stereocenters. The van der Waals surface area contributed by atoms with Crippen LogP contribution in [0.5, 0.6) is 0 Å². The second-order valence-electron chi connectivity index (χ2n) is 4.06. The van der Waals surface area contributed by atoms with Crippen molar-refractivity contribution in [1.29, 1.82) is 0 Å². The summed E-state index contributed by atoms with van der Waals surface area (Å²) < 4.78 is 12.0. The molecule has 2 atom stereocenters. The van der Waals surface area contributed by atoms with Crippen LogP contribution in [0.15, 0.2) is 0 Å². The molecule has 0 N–H and O–H groups in total. The zero-order valence-electron chi connectivity index (χ0n) is 11.6. The van der Waals surface area contributed by atoms with E-state index < -0.39 is 8.56 Å². The molecule has 0 spiro atoms. The van der Waals surface area contributed by atoms with Gasteiger partial charge in [0.1, 0.15) is 0 Å². The lowest BCUT2D eigenvalue weighted by Crippen LogP contribution is -2.42. The van der Waals surface area contributed by atoms with E-state index in [-0.39, 0.29) is 0 Å². The van der Waals surface area contributed by atoms with Crippen molar-refractivity contribution in [1.82, 2.24) is 0 Å². The molecule has 0 radical (unpaired) electrons. The van der Waals surface area contributed by atoms with E-state index in [9.17, 15) is 0 Å². The summed E-state index contributed by atoms with van der Waals surface area (Å²) in [5.74, 6) is 0. The van der Waals surface area contributed by atoms with Crippen LogP contribution < -0.4 is 0 Å². The first-order chi connectivity index (χ1) is 7.67. The Labute approximate surface area is 105 Å². The van der Waals surface area contributed by atoms with Crippen molar-refractivity contribution in [3.8, 4) is 0 Å². The van der Waals surface area contributed by atoms with Gasteiger partial charge in [0.05, 0.1) is 0 Å². The third-order valence-electron chi connectivity index (χ3n) is 3.13. The van der Waals surface area contributed by atoms with E-state index in [1.807, 2.05) is 0 Å². The maximum Gasteiger partial charge on any atom is 0.337 e. The van der Waals surface area contributed by atoms with Gasteiger partial charge in [-0.15, -0.1) is 8.58 Å². The Hall–Kier alpha value is 0.567. The summed E-state index contributed by atoms with van der Waals surface area (Å²) >= 11 is 0. The van der Waals surface area contributed by atoms with Crippen molar-refractivity contribution < 1.29 is 8.85 Å². The highest BCUT2D eigenvalue weighted by molar-refractivity contribution is 7.37. The van der Waals surface area contributed by atoms with E-state index in [0.29, 0.717) is 0 Å². The fourth-order valence-corrected chi connectivity index (χ4v) is 6.14. The Balaban J connectivity index is 4.27. The van der Waals surface area contributed by atoms with Crippen molar-refractivity contribution in [2.75, 3.05) is 19.9 Å². The predicted molar refractivity (Wildman–Crippen MR) is 77.2 cm³/mol. The highest BCUT2D eigenvalue weighted by Crippen LogP contribution is 2.28. The molecule has 2 nitrogen and oxygen atoms in total. The number of hydrogen-bond acceptors (Lipinski definition) is 2. The van der Waals surface area contributed by atoms with Crippen LogP contribution in [-0.2, 0) is 8.85 Å². The van der Waals surface area contributed by atoms with Gasteiger partial charge in [-0.1, -0.05) is 13.8 Å². The summed E-state index contributed by atoms with van der Waals surface area (Å²) in [4.78, 5) is 0. The first-order valence-corrected chi connectivity index (χ1v) is 10.4. The Morgan fingerprint density at radius 2 is 1.62 bits per heavy atom. The largest absolute Gasteiger partial charge is 0.394 e. The third-order valence-corrected chi connectivity index (χ3v) is 8.40. The van der Waals surface area contributed by atoms with Crippen molar-refractivity contribution >= 4 is 17.1 Å². The lowest BCUT2D eigenvalue weighted by atomic mass is 10.3. The Morgan fingerprint density at radius 1 is 1.06 bits per heavy atom. The van der Waals surface area contributed by atoms with Crippen LogP contribution in [0.25, 0.3) is 0 Å². The van der Waals surface area contributed by atoms with Gasteiger partial charge in [-0.3, -0.25) is 0 Å². The Kier molecular flexibility index (Phi) is 9.92. The van der Waals surface area contributed by atoms with E-state index in [2.05, 4.69) is 34.4 Å². The minimum absolute atomic E-state index is 0.797. The van der Waals surface area contributed by atoms with Crippen LogP contribution in [0, 0.1) is 0 Å². The van der Waals surface area contributed by atoms with Gasteiger partial charge in [0.25, 0.3) is 0 Å². The van der Waals surface area contributed by atoms with Crippen LogP contribution in [0.2, 0.25) is 12.1 Å². The zero-order valence-corrected chi connectivity index (χ0v) is 13.6. The molecule has 0 fully saturated rings. The number of rotatable bonds is 10. The molecule has 98 valence electrons. The second kappa shape index (κ2) is 9.58. The molecule has 0 saturated carbocycles. The van der Waals surface area contributed by atoms with Gasteiger partial charge in [0.15, 0.2) is 0 Å². The molecular weight excluding hydrogens is 235 g/mol. The lowest BCUT2D eigenvalue weighted by Gasteiger charge is -2.30. The molecule has 0 aliphatic heterocycles. The summed E-state index contributed by atoms with van der Waals surface area (Å²) in [7, 11) is -0.809. The molecule has 0 saturated heterocycles. The van der Waals surface area contributed by atoms with E-state index in [1.54, 1.807) is 0 Å². The topological polar surface area (TPSA) is 18.5 Å². The molecular formula is C12H29O2PSi. The van der Waals surface area contributed by atoms with E-state index in [4.69, 9.17) is 8.85 Å². The van der Waals surface area contributed by atoms with Crippen LogP contribution >= 0.6 is 8.58 Å². The summed E-state index contributed by atoms with van der Waals surface area (Å²) in [5, 5.41) is 0. The first-order valence-electron chi connectivity index (χ1n) is 6.63. The zero-order chi connectivity index (χ0) is 12.4. The molecule has 0 aromatic heterocycles. The highest BCUT2D eigenvalue weighted by Gasteiger charge is 2.34. The van der Waals surface area contributed by atoms with Crippen molar-refractivity contribution in [2.45, 2.75) is 58.3 Å². The van der Waals surface area contributed by atoms with Crippen LogP contribution in [0.3, 0.4) is 0 Å². The quantitative estimate of drug-likeness (QED) is 0.438. The molecule has 0 aliphatic carbocycles. The second-order valence-corrected chi connectivity index (χ2v) is 9.06. The van der Waals surface area contributed by atoms with Gasteiger partial charge in [-0.2, -0.15) is 0 Å². The average molecular weight is 264 g/mol. The normalized spacial score (nSPS) is 14.8. The smallest absolute Gasteiger partial charge is 0.337 e. The maximum atomic E-state index is 5.98. The molecule has 0 aliphatic rings. The van der Waals surface area contributed by atoms with Gasteiger partial charge in [-0.25, -0.2) is 0 Å². The average Bonchev–Trinajstić information content (AvgIpc) is 2.30. The molecule has 0 amide bonds. The van der Waals surface area contributed by atoms with Crippen molar-refractivity contribution in [3.05, 3.63) is 0 Å². The van der Waals surface area contributed by atoms with Crippen LogP contribution in [-0.4, -0.2) is 34.1 Å². The van der Waals surface area contributed by atoms with Crippen molar-refractivity contribution in [3.63, 3.8) is 0 Å². The summed E-state index contributed by atoms with van der Waals surface area (Å²) in [6, 6.07) is 2.25. The first kappa shape index (κ1) is 16.6. The van der Waals surface area contributed by atoms with Gasteiger partial charge in [0, 0.05) is 13.2 Å². The molecule has 16 heavy (non-hydrogen) atoms.